The molecule has 1 aromatic rings. The maximum absolute atomic E-state index is 11.4. The summed E-state index contributed by atoms with van der Waals surface area (Å²) in [7, 11) is 1.68. The van der Waals surface area contributed by atoms with Crippen LogP contribution in [0.25, 0.3) is 0 Å². The summed E-state index contributed by atoms with van der Waals surface area (Å²) in [5.74, 6) is 0.896. The van der Waals surface area contributed by atoms with E-state index in [1.54, 1.807) is 7.11 Å². The lowest BCUT2D eigenvalue weighted by molar-refractivity contribution is 0.0528. The van der Waals surface area contributed by atoms with Gasteiger partial charge >= 0.3 is 6.09 Å². The maximum Gasteiger partial charge on any atom is 0.407 e. The predicted molar refractivity (Wildman–Crippen MR) is 93.0 cm³/mol. The molecule has 0 atom stereocenters. The molecule has 0 aliphatic rings. The number of methoxy groups -OCH3 is 1. The molecule has 0 aliphatic heterocycles. The molecule has 0 heterocycles. The van der Waals surface area contributed by atoms with E-state index in [-0.39, 0.29) is 6.09 Å². The molecule has 0 radical (unpaired) electrons. The molecule has 0 fully saturated rings. The summed E-state index contributed by atoms with van der Waals surface area (Å²) in [6.45, 7) is 7.84. The van der Waals surface area contributed by atoms with Crippen LogP contribution in [0.2, 0.25) is 0 Å². The van der Waals surface area contributed by atoms with E-state index in [1.165, 1.54) is 5.56 Å². The van der Waals surface area contributed by atoms with E-state index in [2.05, 4.69) is 22.8 Å². The number of carbonyl (C=O) groups is 1. The highest BCUT2D eigenvalue weighted by atomic mass is 16.6. The van der Waals surface area contributed by atoms with E-state index >= 15 is 0 Å². The number of benzene rings is 1. The first kappa shape index (κ1) is 19.3. The monoisotopic (exact) mass is 322 g/mol. The molecule has 23 heavy (non-hydrogen) atoms. The summed E-state index contributed by atoms with van der Waals surface area (Å²) in [6.07, 6.45) is 2.96. The third-order valence-corrected chi connectivity index (χ3v) is 3.20. The van der Waals surface area contributed by atoms with E-state index in [4.69, 9.17) is 9.47 Å². The zero-order chi connectivity index (χ0) is 17.1. The van der Waals surface area contributed by atoms with Crippen LogP contribution in [-0.4, -0.2) is 38.4 Å². The van der Waals surface area contributed by atoms with Crippen LogP contribution in [0.1, 0.15) is 39.2 Å². The van der Waals surface area contributed by atoms with Crippen molar-refractivity contribution in [3.8, 4) is 5.75 Å². The van der Waals surface area contributed by atoms with E-state index in [0.29, 0.717) is 6.54 Å². The fourth-order valence-corrected chi connectivity index (χ4v) is 2.06. The Labute approximate surface area is 139 Å². The van der Waals surface area contributed by atoms with Crippen LogP contribution in [0.3, 0.4) is 0 Å². The van der Waals surface area contributed by atoms with Gasteiger partial charge in [0.05, 0.1) is 7.11 Å². The Balaban J connectivity index is 1.98. The smallest absolute Gasteiger partial charge is 0.407 e. The lowest BCUT2D eigenvalue weighted by atomic mass is 10.1. The molecule has 0 unspecified atom stereocenters. The number of rotatable bonds is 9. The molecule has 0 saturated heterocycles. The second-order valence-electron chi connectivity index (χ2n) is 6.48. The number of carbonyl (C=O) groups excluding carboxylic acids is 1. The number of hydrogen-bond donors (Lipinski definition) is 2. The molecule has 0 bridgehead atoms. The van der Waals surface area contributed by atoms with Crippen LogP contribution >= 0.6 is 0 Å². The Morgan fingerprint density at radius 2 is 1.74 bits per heavy atom. The van der Waals surface area contributed by atoms with Gasteiger partial charge in [-0.05, 0) is 64.3 Å². The third-order valence-electron chi connectivity index (χ3n) is 3.20. The molecular formula is C18H30N2O3. The van der Waals surface area contributed by atoms with Crippen molar-refractivity contribution in [3.05, 3.63) is 29.8 Å². The summed E-state index contributed by atoms with van der Waals surface area (Å²) in [4.78, 5) is 11.4. The van der Waals surface area contributed by atoms with E-state index in [1.807, 2.05) is 32.9 Å². The Kier molecular flexibility index (Phi) is 8.48. The largest absolute Gasteiger partial charge is 0.497 e. The number of aryl methyl sites for hydroxylation is 1. The molecule has 1 aromatic carbocycles. The number of ether oxygens (including phenoxy) is 2. The van der Waals surface area contributed by atoms with E-state index in [9.17, 15) is 4.79 Å². The van der Waals surface area contributed by atoms with Crippen molar-refractivity contribution in [1.82, 2.24) is 10.6 Å². The topological polar surface area (TPSA) is 59.6 Å². The summed E-state index contributed by atoms with van der Waals surface area (Å²) in [5.41, 5.74) is 0.885. The number of nitrogens with one attached hydrogen (secondary N) is 2. The Bertz CT molecular complexity index is 452. The van der Waals surface area contributed by atoms with Crippen LogP contribution in [-0.2, 0) is 11.2 Å². The Morgan fingerprint density at radius 1 is 1.04 bits per heavy atom. The van der Waals surface area contributed by atoms with Crippen LogP contribution < -0.4 is 15.4 Å². The highest BCUT2D eigenvalue weighted by Crippen LogP contribution is 2.12. The zero-order valence-electron chi connectivity index (χ0n) is 14.8. The number of alkyl carbamates (subject to hydrolysis) is 1. The molecular weight excluding hydrogens is 292 g/mol. The lowest BCUT2D eigenvalue weighted by Gasteiger charge is -2.19. The van der Waals surface area contributed by atoms with Crippen LogP contribution in [0.15, 0.2) is 24.3 Å². The summed E-state index contributed by atoms with van der Waals surface area (Å²) >= 11 is 0. The second-order valence-corrected chi connectivity index (χ2v) is 6.48. The standard InChI is InChI=1S/C18H30N2O3/c1-18(2,3)23-17(21)20-14-13-19-12-6-5-7-15-8-10-16(22-4)11-9-15/h8-11,19H,5-7,12-14H2,1-4H3,(H,20,21). The molecule has 5 nitrogen and oxygen atoms in total. The first-order valence-corrected chi connectivity index (χ1v) is 8.21. The van der Waals surface area contributed by atoms with Gasteiger partial charge in [0.2, 0.25) is 0 Å². The molecule has 2 N–H and O–H groups in total. The lowest BCUT2D eigenvalue weighted by Crippen LogP contribution is -2.36. The molecule has 0 spiro atoms. The third kappa shape index (κ3) is 9.79. The molecule has 1 amide bonds. The molecule has 5 heteroatoms. The van der Waals surface area contributed by atoms with Gasteiger partial charge in [-0.3, -0.25) is 0 Å². The zero-order valence-corrected chi connectivity index (χ0v) is 14.8. The highest BCUT2D eigenvalue weighted by molar-refractivity contribution is 5.67. The normalized spacial score (nSPS) is 11.1. The molecule has 1 rings (SSSR count). The van der Waals surface area contributed by atoms with Crippen molar-refractivity contribution in [2.75, 3.05) is 26.7 Å². The van der Waals surface area contributed by atoms with Crippen molar-refractivity contribution in [2.45, 2.75) is 45.6 Å². The van der Waals surface area contributed by atoms with Crippen LogP contribution in [0.4, 0.5) is 4.79 Å². The Hall–Kier alpha value is -1.75. The van der Waals surface area contributed by atoms with Crippen molar-refractivity contribution in [1.29, 1.82) is 0 Å². The quantitative estimate of drug-likeness (QED) is 0.686. The predicted octanol–water partition coefficient (Wildman–Crippen LogP) is 3.13. The minimum atomic E-state index is -0.445. The van der Waals surface area contributed by atoms with Crippen molar-refractivity contribution in [3.63, 3.8) is 0 Å². The van der Waals surface area contributed by atoms with Gasteiger partial charge in [-0.25, -0.2) is 4.79 Å². The first-order valence-electron chi connectivity index (χ1n) is 8.21. The second kappa shape index (κ2) is 10.1. The summed E-state index contributed by atoms with van der Waals surface area (Å²) in [5, 5.41) is 6.05. The van der Waals surface area contributed by atoms with Gasteiger partial charge in [-0.2, -0.15) is 0 Å². The molecule has 0 saturated carbocycles. The van der Waals surface area contributed by atoms with Crippen molar-refractivity contribution in [2.24, 2.45) is 0 Å². The van der Waals surface area contributed by atoms with E-state index in [0.717, 1.165) is 38.1 Å². The molecule has 130 valence electrons. The van der Waals surface area contributed by atoms with Gasteiger partial charge in [-0.1, -0.05) is 12.1 Å². The van der Waals surface area contributed by atoms with Crippen LogP contribution in [0, 0.1) is 0 Å². The fourth-order valence-electron chi connectivity index (χ4n) is 2.06. The molecule has 0 aliphatic carbocycles. The minimum Gasteiger partial charge on any atom is -0.497 e. The first-order chi connectivity index (χ1) is 10.9. The number of unbranched alkanes of at least 4 members (excludes halogenated alkanes) is 1. The maximum atomic E-state index is 11.4. The molecule has 0 aromatic heterocycles. The van der Waals surface area contributed by atoms with Crippen molar-refractivity contribution >= 4 is 6.09 Å². The number of hydrogen-bond acceptors (Lipinski definition) is 4. The van der Waals surface area contributed by atoms with Gasteiger partial charge in [0.1, 0.15) is 11.4 Å². The van der Waals surface area contributed by atoms with Gasteiger partial charge in [0.15, 0.2) is 0 Å². The highest BCUT2D eigenvalue weighted by Gasteiger charge is 2.15. The van der Waals surface area contributed by atoms with Gasteiger partial charge in [-0.15, -0.1) is 0 Å². The van der Waals surface area contributed by atoms with Gasteiger partial charge < -0.3 is 20.1 Å². The summed E-state index contributed by atoms with van der Waals surface area (Å²) in [6, 6.07) is 8.21. The van der Waals surface area contributed by atoms with E-state index < -0.39 is 5.60 Å². The van der Waals surface area contributed by atoms with Crippen molar-refractivity contribution < 1.29 is 14.3 Å². The Morgan fingerprint density at radius 3 is 2.35 bits per heavy atom. The average molecular weight is 322 g/mol. The van der Waals surface area contributed by atoms with Crippen LogP contribution in [0.5, 0.6) is 5.75 Å². The summed E-state index contributed by atoms with van der Waals surface area (Å²) < 4.78 is 10.3. The fraction of sp³-hybridized carbons (Fsp3) is 0.611. The van der Waals surface area contributed by atoms with Gasteiger partial charge in [0, 0.05) is 13.1 Å². The SMILES string of the molecule is COc1ccc(CCCCNCCNC(=O)OC(C)(C)C)cc1. The van der Waals surface area contributed by atoms with Gasteiger partial charge in [0.25, 0.3) is 0 Å². The average Bonchev–Trinajstić information content (AvgIpc) is 2.48. The number of amides is 1. The minimum absolute atomic E-state index is 0.362.